The van der Waals surface area contributed by atoms with E-state index < -0.39 is 0 Å². The van der Waals surface area contributed by atoms with E-state index in [1.165, 1.54) is 12.8 Å². The molecule has 0 aromatic heterocycles. The van der Waals surface area contributed by atoms with Crippen molar-refractivity contribution in [1.82, 2.24) is 0 Å². The number of hydrogen-bond acceptors (Lipinski definition) is 3. The Bertz CT molecular complexity index is 179. The van der Waals surface area contributed by atoms with E-state index in [-0.39, 0.29) is 13.2 Å². The molecule has 17 heavy (non-hydrogen) atoms. The van der Waals surface area contributed by atoms with Gasteiger partial charge < -0.3 is 14.0 Å². The summed E-state index contributed by atoms with van der Waals surface area (Å²) in [6, 6.07) is 0. The van der Waals surface area contributed by atoms with Gasteiger partial charge in [0.1, 0.15) is 0 Å². The van der Waals surface area contributed by atoms with Gasteiger partial charge in [-0.25, -0.2) is 0 Å². The molecule has 1 saturated heterocycles. The lowest BCUT2D eigenvalue weighted by Crippen LogP contribution is -2.42. The summed E-state index contributed by atoms with van der Waals surface area (Å²) in [5.74, 6) is 0. The first-order valence-electron chi connectivity index (χ1n) is 7.18. The standard InChI is InChI=1S/C12H26B2O3/c1-4-7-13(8-5-2)17-12-10-15-14(9-6-3)16-11-12/h12H,4-11H2,1-3H3. The molecule has 5 heteroatoms. The van der Waals surface area contributed by atoms with Crippen molar-refractivity contribution in [3.05, 3.63) is 0 Å². The third-order valence-corrected chi connectivity index (χ3v) is 3.07. The molecule has 0 atom stereocenters. The summed E-state index contributed by atoms with van der Waals surface area (Å²) in [7, 11) is -0.00403. The second-order valence-electron chi connectivity index (χ2n) is 4.84. The minimum absolute atomic E-state index is 0.00403. The van der Waals surface area contributed by atoms with Crippen LogP contribution in [0.25, 0.3) is 0 Å². The van der Waals surface area contributed by atoms with Gasteiger partial charge in [-0.05, 0) is 19.0 Å². The van der Waals surface area contributed by atoms with E-state index in [9.17, 15) is 0 Å². The summed E-state index contributed by atoms with van der Waals surface area (Å²) in [6.45, 7) is 8.32. The van der Waals surface area contributed by atoms with Crippen molar-refractivity contribution in [2.45, 2.75) is 65.1 Å². The van der Waals surface area contributed by atoms with Crippen LogP contribution in [-0.4, -0.2) is 33.4 Å². The summed E-state index contributed by atoms with van der Waals surface area (Å²) in [5, 5.41) is 0. The Morgan fingerprint density at radius 1 is 1.06 bits per heavy atom. The predicted molar refractivity (Wildman–Crippen MR) is 73.6 cm³/mol. The fourth-order valence-corrected chi connectivity index (χ4v) is 2.20. The van der Waals surface area contributed by atoms with Crippen molar-refractivity contribution in [1.29, 1.82) is 0 Å². The maximum absolute atomic E-state index is 6.05. The molecule has 0 radical (unpaired) electrons. The summed E-state index contributed by atoms with van der Waals surface area (Å²) in [4.78, 5) is 0. The fraction of sp³-hybridized carbons (Fsp3) is 1.00. The zero-order chi connectivity index (χ0) is 12.5. The number of hydrogen-bond donors (Lipinski definition) is 0. The topological polar surface area (TPSA) is 27.7 Å². The lowest BCUT2D eigenvalue weighted by atomic mass is 9.60. The van der Waals surface area contributed by atoms with E-state index in [1.807, 2.05) is 0 Å². The molecular formula is C12H26B2O3. The van der Waals surface area contributed by atoms with Crippen LogP contribution in [0.15, 0.2) is 0 Å². The van der Waals surface area contributed by atoms with E-state index in [4.69, 9.17) is 14.0 Å². The average molecular weight is 240 g/mol. The number of rotatable bonds is 8. The highest BCUT2D eigenvalue weighted by Crippen LogP contribution is 2.15. The zero-order valence-electron chi connectivity index (χ0n) is 11.6. The van der Waals surface area contributed by atoms with Gasteiger partial charge in [0.05, 0.1) is 19.3 Å². The second-order valence-corrected chi connectivity index (χ2v) is 4.84. The van der Waals surface area contributed by atoms with Crippen LogP contribution in [0, 0.1) is 0 Å². The molecule has 3 nitrogen and oxygen atoms in total. The third kappa shape index (κ3) is 5.94. The molecule has 0 aromatic carbocycles. The molecule has 0 amide bonds. The van der Waals surface area contributed by atoms with Gasteiger partial charge in [0, 0.05) is 0 Å². The minimum atomic E-state index is -0.00403. The van der Waals surface area contributed by atoms with Crippen molar-refractivity contribution in [3.8, 4) is 0 Å². The monoisotopic (exact) mass is 240 g/mol. The summed E-state index contributed by atoms with van der Waals surface area (Å²) < 4.78 is 17.3. The smallest absolute Gasteiger partial charge is 0.429 e. The van der Waals surface area contributed by atoms with Crippen LogP contribution < -0.4 is 0 Å². The first-order valence-corrected chi connectivity index (χ1v) is 7.18. The summed E-state index contributed by atoms with van der Waals surface area (Å²) in [5.41, 5.74) is 0. The van der Waals surface area contributed by atoms with Crippen LogP contribution in [0.4, 0.5) is 0 Å². The van der Waals surface area contributed by atoms with Gasteiger partial charge in [-0.15, -0.1) is 0 Å². The lowest BCUT2D eigenvalue weighted by molar-refractivity contribution is 0.0173. The molecule has 0 aliphatic carbocycles. The van der Waals surface area contributed by atoms with E-state index in [0.717, 1.165) is 25.4 Å². The second kappa shape index (κ2) is 9.01. The van der Waals surface area contributed by atoms with Gasteiger partial charge in [-0.2, -0.15) is 0 Å². The normalized spacial score (nSPS) is 17.5. The zero-order valence-corrected chi connectivity index (χ0v) is 11.6. The van der Waals surface area contributed by atoms with Crippen molar-refractivity contribution in [3.63, 3.8) is 0 Å². The van der Waals surface area contributed by atoms with Gasteiger partial charge in [0.25, 0.3) is 6.92 Å². The van der Waals surface area contributed by atoms with E-state index in [1.54, 1.807) is 0 Å². The van der Waals surface area contributed by atoms with Crippen LogP contribution in [0.2, 0.25) is 19.0 Å². The SMILES string of the molecule is CCCB(CCC)OC1COB(CCC)OC1. The molecule has 0 unspecified atom stereocenters. The maximum atomic E-state index is 6.05. The summed E-state index contributed by atoms with van der Waals surface area (Å²) in [6.07, 6.45) is 6.86. The van der Waals surface area contributed by atoms with Gasteiger partial charge in [0.15, 0.2) is 0 Å². The van der Waals surface area contributed by atoms with Gasteiger partial charge in [-0.3, -0.25) is 0 Å². The van der Waals surface area contributed by atoms with Crippen LogP contribution in [0.1, 0.15) is 40.0 Å². The summed E-state index contributed by atoms with van der Waals surface area (Å²) >= 11 is 0. The molecule has 98 valence electrons. The van der Waals surface area contributed by atoms with Crippen LogP contribution in [0.5, 0.6) is 0 Å². The first-order chi connectivity index (χ1) is 8.30. The Hall–Kier alpha value is 0.00987. The molecule has 0 N–H and O–H groups in total. The Labute approximate surface area is 107 Å². The Balaban J connectivity index is 2.22. The highest BCUT2D eigenvalue weighted by atomic mass is 16.6. The molecule has 0 spiro atoms. The average Bonchev–Trinajstić information content (AvgIpc) is 2.33. The van der Waals surface area contributed by atoms with Crippen LogP contribution in [-0.2, 0) is 14.0 Å². The Morgan fingerprint density at radius 3 is 2.12 bits per heavy atom. The molecule has 1 aliphatic heterocycles. The maximum Gasteiger partial charge on any atom is 0.457 e. The highest BCUT2D eigenvalue weighted by Gasteiger charge is 2.28. The molecule has 1 heterocycles. The quantitative estimate of drug-likeness (QED) is 0.610. The molecule has 0 saturated carbocycles. The minimum Gasteiger partial charge on any atom is -0.429 e. The third-order valence-electron chi connectivity index (χ3n) is 3.07. The first kappa shape index (κ1) is 15.1. The fourth-order valence-electron chi connectivity index (χ4n) is 2.20. The molecular weight excluding hydrogens is 214 g/mol. The van der Waals surface area contributed by atoms with E-state index >= 15 is 0 Å². The van der Waals surface area contributed by atoms with Crippen molar-refractivity contribution in [2.24, 2.45) is 0 Å². The largest absolute Gasteiger partial charge is 0.457 e. The Morgan fingerprint density at radius 2 is 1.65 bits per heavy atom. The molecule has 1 rings (SSSR count). The van der Waals surface area contributed by atoms with Gasteiger partial charge in [-0.1, -0.05) is 40.0 Å². The van der Waals surface area contributed by atoms with E-state index in [0.29, 0.717) is 20.1 Å². The van der Waals surface area contributed by atoms with Gasteiger partial charge in [0.2, 0.25) is 0 Å². The molecule has 0 aromatic rings. The Kier molecular flexibility index (Phi) is 7.99. The highest BCUT2D eigenvalue weighted by molar-refractivity contribution is 6.51. The lowest BCUT2D eigenvalue weighted by Gasteiger charge is -2.30. The van der Waals surface area contributed by atoms with Crippen molar-refractivity contribution in [2.75, 3.05) is 13.2 Å². The van der Waals surface area contributed by atoms with E-state index in [2.05, 4.69) is 20.8 Å². The van der Waals surface area contributed by atoms with Gasteiger partial charge >= 0.3 is 7.12 Å². The van der Waals surface area contributed by atoms with Crippen LogP contribution in [0.3, 0.4) is 0 Å². The molecule has 1 fully saturated rings. The van der Waals surface area contributed by atoms with Crippen LogP contribution >= 0.6 is 0 Å². The van der Waals surface area contributed by atoms with Crippen molar-refractivity contribution < 1.29 is 14.0 Å². The molecule has 0 bridgehead atoms. The predicted octanol–water partition coefficient (Wildman–Crippen LogP) is 3.13. The van der Waals surface area contributed by atoms with Crippen molar-refractivity contribution >= 4 is 14.0 Å². The molecule has 1 aliphatic rings.